The Morgan fingerprint density at radius 3 is 2.59 bits per heavy atom. The second-order valence-corrected chi connectivity index (χ2v) is 6.59. The molecule has 0 amide bonds. The third-order valence-corrected chi connectivity index (χ3v) is 4.18. The number of hydrogen-bond acceptors (Lipinski definition) is 3. The molecule has 0 aliphatic carbocycles. The fraction of sp³-hybridized carbons (Fsp3) is 0.500. The van der Waals surface area contributed by atoms with Crippen molar-refractivity contribution in [2.24, 2.45) is 0 Å². The molecular weight excluding hydrogens is 258 g/mol. The highest BCUT2D eigenvalue weighted by Gasteiger charge is 2.12. The van der Waals surface area contributed by atoms with E-state index in [0.717, 1.165) is 12.8 Å². The van der Waals surface area contributed by atoms with Crippen molar-refractivity contribution in [2.75, 3.05) is 18.1 Å². The first kappa shape index (κ1) is 14.3. The highest BCUT2D eigenvalue weighted by molar-refractivity contribution is 7.90. The van der Waals surface area contributed by atoms with Crippen molar-refractivity contribution >= 4 is 27.1 Å². The summed E-state index contributed by atoms with van der Waals surface area (Å²) in [4.78, 5) is 0.336. The van der Waals surface area contributed by atoms with Crippen LogP contribution in [0.4, 0.5) is 5.69 Å². The quantitative estimate of drug-likeness (QED) is 0.812. The number of para-hydroxylation sites is 1. The van der Waals surface area contributed by atoms with E-state index in [1.807, 2.05) is 13.0 Å². The molecule has 0 aromatic heterocycles. The Labute approximate surface area is 108 Å². The number of halogens is 1. The molecule has 96 valence electrons. The van der Waals surface area contributed by atoms with Gasteiger partial charge in [-0.2, -0.15) is 0 Å². The van der Waals surface area contributed by atoms with E-state index < -0.39 is 9.84 Å². The van der Waals surface area contributed by atoms with Crippen LogP contribution in [0.1, 0.15) is 19.8 Å². The van der Waals surface area contributed by atoms with E-state index in [1.165, 1.54) is 6.26 Å². The van der Waals surface area contributed by atoms with Crippen LogP contribution in [0.2, 0.25) is 0 Å². The first-order chi connectivity index (χ1) is 7.95. The molecule has 0 radical (unpaired) electrons. The molecule has 0 aliphatic heterocycles. The standard InChI is InChI=1S/C12H18ClNO2S/c1-3-10(13)8-9-14-11-6-4-5-7-12(11)17(2,15)16/h4-7,10,14H,3,8-9H2,1-2H3. The molecule has 5 heteroatoms. The zero-order valence-electron chi connectivity index (χ0n) is 10.1. The van der Waals surface area contributed by atoms with E-state index in [-0.39, 0.29) is 5.38 Å². The van der Waals surface area contributed by atoms with Gasteiger partial charge in [0.25, 0.3) is 0 Å². The normalized spacial score (nSPS) is 13.4. The fourth-order valence-electron chi connectivity index (χ4n) is 1.50. The van der Waals surface area contributed by atoms with Gasteiger partial charge in [0, 0.05) is 18.2 Å². The van der Waals surface area contributed by atoms with Crippen molar-refractivity contribution in [3.63, 3.8) is 0 Å². The zero-order valence-corrected chi connectivity index (χ0v) is 11.7. The third kappa shape index (κ3) is 4.56. The maximum Gasteiger partial charge on any atom is 0.177 e. The molecule has 1 N–H and O–H groups in total. The molecule has 1 aromatic rings. The minimum Gasteiger partial charge on any atom is -0.384 e. The summed E-state index contributed by atoms with van der Waals surface area (Å²) in [5.41, 5.74) is 0.648. The van der Waals surface area contributed by atoms with Gasteiger partial charge in [-0.25, -0.2) is 8.42 Å². The lowest BCUT2D eigenvalue weighted by Gasteiger charge is -2.12. The monoisotopic (exact) mass is 275 g/mol. The van der Waals surface area contributed by atoms with Gasteiger partial charge in [0.2, 0.25) is 0 Å². The van der Waals surface area contributed by atoms with Crippen molar-refractivity contribution in [1.82, 2.24) is 0 Å². The molecule has 0 bridgehead atoms. The number of hydrogen-bond donors (Lipinski definition) is 1. The van der Waals surface area contributed by atoms with Gasteiger partial charge in [0.15, 0.2) is 9.84 Å². The molecule has 1 rings (SSSR count). The molecule has 0 spiro atoms. The second kappa shape index (κ2) is 6.26. The summed E-state index contributed by atoms with van der Waals surface area (Å²) in [6.45, 7) is 2.71. The molecule has 0 saturated heterocycles. The lowest BCUT2D eigenvalue weighted by Crippen LogP contribution is -2.10. The Balaban J connectivity index is 2.72. The lowest BCUT2D eigenvalue weighted by molar-refractivity contribution is 0.602. The molecule has 17 heavy (non-hydrogen) atoms. The van der Waals surface area contributed by atoms with Crippen LogP contribution in [0.25, 0.3) is 0 Å². The Morgan fingerprint density at radius 1 is 1.35 bits per heavy atom. The number of benzene rings is 1. The highest BCUT2D eigenvalue weighted by Crippen LogP contribution is 2.20. The van der Waals surface area contributed by atoms with E-state index in [1.54, 1.807) is 18.2 Å². The van der Waals surface area contributed by atoms with E-state index in [2.05, 4.69) is 5.32 Å². The molecule has 1 atom stereocenters. The summed E-state index contributed by atoms with van der Waals surface area (Å²) in [5.74, 6) is 0. The van der Waals surface area contributed by atoms with Crippen molar-refractivity contribution < 1.29 is 8.42 Å². The Bertz CT molecular complexity index is 459. The Kier molecular flexibility index (Phi) is 5.28. The van der Waals surface area contributed by atoms with Gasteiger partial charge < -0.3 is 5.32 Å². The topological polar surface area (TPSA) is 46.2 Å². The van der Waals surface area contributed by atoms with Gasteiger partial charge in [0.05, 0.1) is 10.6 Å². The third-order valence-electron chi connectivity index (χ3n) is 2.50. The molecule has 0 aliphatic rings. The van der Waals surface area contributed by atoms with Gasteiger partial charge in [-0.3, -0.25) is 0 Å². The van der Waals surface area contributed by atoms with Gasteiger partial charge in [-0.05, 0) is 25.0 Å². The smallest absolute Gasteiger partial charge is 0.177 e. The molecular formula is C12H18ClNO2S. The number of rotatable bonds is 6. The lowest BCUT2D eigenvalue weighted by atomic mass is 10.2. The highest BCUT2D eigenvalue weighted by atomic mass is 35.5. The average molecular weight is 276 g/mol. The second-order valence-electron chi connectivity index (χ2n) is 3.99. The van der Waals surface area contributed by atoms with E-state index in [4.69, 9.17) is 11.6 Å². The Hall–Kier alpha value is -0.740. The molecule has 0 fully saturated rings. The molecule has 0 heterocycles. The summed E-state index contributed by atoms with van der Waals surface area (Å²) in [7, 11) is -3.19. The number of anilines is 1. The largest absolute Gasteiger partial charge is 0.384 e. The maximum atomic E-state index is 11.5. The summed E-state index contributed by atoms with van der Waals surface area (Å²) in [6, 6.07) is 6.91. The molecule has 0 saturated carbocycles. The van der Waals surface area contributed by atoms with Crippen LogP contribution in [0.5, 0.6) is 0 Å². The van der Waals surface area contributed by atoms with E-state index in [0.29, 0.717) is 17.1 Å². The summed E-state index contributed by atoms with van der Waals surface area (Å²) < 4.78 is 23.1. The minimum atomic E-state index is -3.19. The van der Waals surface area contributed by atoms with Crippen LogP contribution in [-0.4, -0.2) is 26.6 Å². The van der Waals surface area contributed by atoms with Crippen LogP contribution in [-0.2, 0) is 9.84 Å². The molecule has 1 aromatic carbocycles. The maximum absolute atomic E-state index is 11.5. The van der Waals surface area contributed by atoms with E-state index in [9.17, 15) is 8.42 Å². The van der Waals surface area contributed by atoms with E-state index >= 15 is 0 Å². The van der Waals surface area contributed by atoms with Crippen molar-refractivity contribution in [2.45, 2.75) is 30.0 Å². The zero-order chi connectivity index (χ0) is 12.9. The van der Waals surface area contributed by atoms with Crippen LogP contribution in [0.3, 0.4) is 0 Å². The first-order valence-corrected chi connectivity index (χ1v) is 7.95. The first-order valence-electron chi connectivity index (χ1n) is 5.62. The van der Waals surface area contributed by atoms with Crippen LogP contribution >= 0.6 is 11.6 Å². The molecule has 1 unspecified atom stereocenters. The van der Waals surface area contributed by atoms with Gasteiger partial charge >= 0.3 is 0 Å². The molecule has 3 nitrogen and oxygen atoms in total. The summed E-state index contributed by atoms with van der Waals surface area (Å²) in [5, 5.41) is 3.25. The predicted octanol–water partition coefficient (Wildman–Crippen LogP) is 2.91. The SMILES string of the molecule is CCC(Cl)CCNc1ccccc1S(C)(=O)=O. The predicted molar refractivity (Wildman–Crippen MR) is 72.6 cm³/mol. The van der Waals surface area contributed by atoms with Crippen molar-refractivity contribution in [1.29, 1.82) is 0 Å². The Morgan fingerprint density at radius 2 is 2.00 bits per heavy atom. The fourth-order valence-corrected chi connectivity index (χ4v) is 2.48. The van der Waals surface area contributed by atoms with Gasteiger partial charge in [0.1, 0.15) is 0 Å². The van der Waals surface area contributed by atoms with Gasteiger partial charge in [-0.15, -0.1) is 11.6 Å². The van der Waals surface area contributed by atoms with Crippen molar-refractivity contribution in [3.05, 3.63) is 24.3 Å². The number of nitrogens with one attached hydrogen (secondary N) is 1. The number of sulfone groups is 1. The van der Waals surface area contributed by atoms with Gasteiger partial charge in [-0.1, -0.05) is 19.1 Å². The van der Waals surface area contributed by atoms with Crippen LogP contribution < -0.4 is 5.32 Å². The summed E-state index contributed by atoms with van der Waals surface area (Å²) >= 11 is 6.00. The number of alkyl halides is 1. The minimum absolute atomic E-state index is 0.132. The average Bonchev–Trinajstić information content (AvgIpc) is 2.28. The van der Waals surface area contributed by atoms with Crippen LogP contribution in [0, 0.1) is 0 Å². The van der Waals surface area contributed by atoms with Crippen molar-refractivity contribution in [3.8, 4) is 0 Å². The van der Waals surface area contributed by atoms with Crippen LogP contribution in [0.15, 0.2) is 29.2 Å². The summed E-state index contributed by atoms with van der Waals surface area (Å²) in [6.07, 6.45) is 2.94.